The minimum absolute atomic E-state index is 0.0245. The molecule has 0 radical (unpaired) electrons. The van der Waals surface area contributed by atoms with E-state index in [9.17, 15) is 14.7 Å². The molecule has 1 aliphatic rings. The first-order valence-electron chi connectivity index (χ1n) is 6.25. The molecule has 1 unspecified atom stereocenters. The van der Waals surface area contributed by atoms with E-state index in [-0.39, 0.29) is 24.4 Å². The Hall–Kier alpha value is -1.30. The fraction of sp³-hybridized carbons (Fsp3) is 0.833. The summed E-state index contributed by atoms with van der Waals surface area (Å²) in [5.41, 5.74) is 0. The number of carbonyl (C=O) groups excluding carboxylic acids is 2. The van der Waals surface area contributed by atoms with Gasteiger partial charge in [-0.3, -0.25) is 4.79 Å². The zero-order chi connectivity index (χ0) is 13.5. The van der Waals surface area contributed by atoms with E-state index in [4.69, 9.17) is 4.74 Å². The van der Waals surface area contributed by atoms with E-state index in [2.05, 4.69) is 4.74 Å². The number of methoxy groups -OCH3 is 1. The van der Waals surface area contributed by atoms with E-state index < -0.39 is 6.10 Å². The van der Waals surface area contributed by atoms with Crippen LogP contribution in [-0.2, 0) is 14.3 Å². The normalized spacial score (nSPS) is 18.3. The van der Waals surface area contributed by atoms with Gasteiger partial charge in [-0.15, -0.1) is 0 Å². The van der Waals surface area contributed by atoms with Gasteiger partial charge in [0.15, 0.2) is 0 Å². The lowest BCUT2D eigenvalue weighted by molar-refractivity contribution is -0.146. The molecule has 0 bridgehead atoms. The Morgan fingerprint density at radius 3 is 2.50 bits per heavy atom. The molecule has 1 rings (SSSR count). The molecule has 0 spiro atoms. The van der Waals surface area contributed by atoms with E-state index in [1.165, 1.54) is 7.11 Å². The van der Waals surface area contributed by atoms with Gasteiger partial charge in [-0.1, -0.05) is 0 Å². The summed E-state index contributed by atoms with van der Waals surface area (Å²) in [6, 6.07) is 0. The Morgan fingerprint density at radius 2 is 2.00 bits per heavy atom. The molecule has 1 fully saturated rings. The Bertz CT molecular complexity index is 286. The molecule has 1 N–H and O–H groups in total. The molecule has 6 heteroatoms. The van der Waals surface area contributed by atoms with Crippen LogP contribution in [0.25, 0.3) is 0 Å². The number of hydrogen-bond donors (Lipinski definition) is 1. The first-order valence-corrected chi connectivity index (χ1v) is 6.25. The zero-order valence-corrected chi connectivity index (χ0v) is 10.9. The van der Waals surface area contributed by atoms with Crippen molar-refractivity contribution in [2.75, 3.05) is 26.8 Å². The first-order chi connectivity index (χ1) is 8.58. The van der Waals surface area contributed by atoms with Crippen LogP contribution in [0.3, 0.4) is 0 Å². The van der Waals surface area contributed by atoms with E-state index in [0.29, 0.717) is 32.5 Å². The molecule has 1 atom stereocenters. The van der Waals surface area contributed by atoms with Crippen LogP contribution in [0.1, 0.15) is 26.2 Å². The fourth-order valence-corrected chi connectivity index (χ4v) is 2.15. The Balaban J connectivity index is 2.33. The predicted molar refractivity (Wildman–Crippen MR) is 64.0 cm³/mol. The number of ether oxygens (including phenoxy) is 2. The van der Waals surface area contributed by atoms with E-state index >= 15 is 0 Å². The van der Waals surface area contributed by atoms with Crippen LogP contribution in [0, 0.1) is 5.92 Å². The summed E-state index contributed by atoms with van der Waals surface area (Å²) in [5, 5.41) is 9.92. The van der Waals surface area contributed by atoms with Crippen molar-refractivity contribution in [3.63, 3.8) is 0 Å². The minimum Gasteiger partial charge on any atom is -0.466 e. The highest BCUT2D eigenvalue weighted by atomic mass is 16.5. The topological polar surface area (TPSA) is 76.1 Å². The van der Waals surface area contributed by atoms with Gasteiger partial charge in [0.25, 0.3) is 0 Å². The lowest BCUT2D eigenvalue weighted by Crippen LogP contribution is -2.41. The summed E-state index contributed by atoms with van der Waals surface area (Å²) >= 11 is 0. The number of nitrogens with zero attached hydrogens (tertiary/aromatic N) is 1. The fourth-order valence-electron chi connectivity index (χ4n) is 2.15. The molecule has 0 aliphatic carbocycles. The van der Waals surface area contributed by atoms with Crippen LogP contribution in [0.5, 0.6) is 0 Å². The molecule has 0 aromatic rings. The maximum absolute atomic E-state index is 11.3. The Labute approximate surface area is 107 Å². The maximum atomic E-state index is 11.3. The lowest BCUT2D eigenvalue weighted by atomic mass is 9.90. The summed E-state index contributed by atoms with van der Waals surface area (Å²) in [4.78, 5) is 24.1. The molecular formula is C12H21NO5. The summed E-state index contributed by atoms with van der Waals surface area (Å²) in [6.45, 7) is 3.17. The van der Waals surface area contributed by atoms with Gasteiger partial charge in [-0.2, -0.15) is 0 Å². The third kappa shape index (κ3) is 4.18. The molecule has 6 nitrogen and oxygen atoms in total. The van der Waals surface area contributed by atoms with Gasteiger partial charge in [-0.05, 0) is 25.7 Å². The van der Waals surface area contributed by atoms with Gasteiger partial charge in [0.1, 0.15) is 0 Å². The third-order valence-electron chi connectivity index (χ3n) is 3.20. The van der Waals surface area contributed by atoms with Crippen LogP contribution in [0.2, 0.25) is 0 Å². The molecular weight excluding hydrogens is 238 g/mol. The van der Waals surface area contributed by atoms with Crippen LogP contribution in [0.4, 0.5) is 4.79 Å². The van der Waals surface area contributed by atoms with Crippen molar-refractivity contribution in [1.29, 1.82) is 0 Å². The summed E-state index contributed by atoms with van der Waals surface area (Å²) in [7, 11) is 1.35. The van der Waals surface area contributed by atoms with Gasteiger partial charge in [0.2, 0.25) is 0 Å². The van der Waals surface area contributed by atoms with Gasteiger partial charge in [0, 0.05) is 13.1 Å². The molecule has 0 saturated carbocycles. The predicted octanol–water partition coefficient (Wildman–Crippen LogP) is 0.779. The molecule has 1 aliphatic heterocycles. The number of rotatable bonds is 4. The molecule has 1 saturated heterocycles. The molecule has 1 heterocycles. The highest BCUT2D eigenvalue weighted by Crippen LogP contribution is 2.23. The average Bonchev–Trinajstić information content (AvgIpc) is 2.38. The van der Waals surface area contributed by atoms with Crippen LogP contribution < -0.4 is 0 Å². The van der Waals surface area contributed by atoms with Crippen molar-refractivity contribution < 1.29 is 24.2 Å². The number of hydrogen-bond acceptors (Lipinski definition) is 5. The molecule has 18 heavy (non-hydrogen) atoms. The lowest BCUT2D eigenvalue weighted by Gasteiger charge is -2.33. The SMILES string of the molecule is CCOC(=O)CC(O)C1CCN(C(=O)OC)CC1. The second-order valence-corrected chi connectivity index (χ2v) is 4.37. The van der Waals surface area contributed by atoms with Gasteiger partial charge < -0.3 is 19.5 Å². The average molecular weight is 259 g/mol. The zero-order valence-electron chi connectivity index (χ0n) is 10.9. The maximum Gasteiger partial charge on any atom is 0.409 e. The Morgan fingerprint density at radius 1 is 1.39 bits per heavy atom. The number of carbonyl (C=O) groups is 2. The van der Waals surface area contributed by atoms with Crippen molar-refractivity contribution in [1.82, 2.24) is 4.90 Å². The number of likely N-dealkylation sites (tertiary alicyclic amines) is 1. The van der Waals surface area contributed by atoms with Crippen molar-refractivity contribution in [2.45, 2.75) is 32.3 Å². The number of aliphatic hydroxyl groups is 1. The van der Waals surface area contributed by atoms with Crippen molar-refractivity contribution in [3.05, 3.63) is 0 Å². The van der Waals surface area contributed by atoms with Gasteiger partial charge in [0.05, 0.1) is 26.2 Å². The van der Waals surface area contributed by atoms with Crippen molar-refractivity contribution in [2.24, 2.45) is 5.92 Å². The smallest absolute Gasteiger partial charge is 0.409 e. The van der Waals surface area contributed by atoms with Gasteiger partial charge >= 0.3 is 12.1 Å². The quantitative estimate of drug-likeness (QED) is 0.755. The van der Waals surface area contributed by atoms with Crippen LogP contribution in [-0.4, -0.2) is 55.0 Å². The molecule has 104 valence electrons. The van der Waals surface area contributed by atoms with E-state index in [1.54, 1.807) is 11.8 Å². The molecule has 0 aromatic heterocycles. The van der Waals surface area contributed by atoms with Crippen LogP contribution in [0.15, 0.2) is 0 Å². The number of esters is 1. The second kappa shape index (κ2) is 7.20. The second-order valence-electron chi connectivity index (χ2n) is 4.37. The number of amides is 1. The first kappa shape index (κ1) is 14.8. The van der Waals surface area contributed by atoms with E-state index in [0.717, 1.165) is 0 Å². The highest BCUT2D eigenvalue weighted by molar-refractivity contribution is 5.70. The highest BCUT2D eigenvalue weighted by Gasteiger charge is 2.29. The van der Waals surface area contributed by atoms with Gasteiger partial charge in [-0.25, -0.2) is 4.79 Å². The van der Waals surface area contributed by atoms with E-state index in [1.807, 2.05) is 0 Å². The largest absolute Gasteiger partial charge is 0.466 e. The number of aliphatic hydroxyl groups excluding tert-OH is 1. The summed E-state index contributed by atoms with van der Waals surface area (Å²) in [6.07, 6.45) is 0.347. The Kier molecular flexibility index (Phi) is 5.91. The summed E-state index contributed by atoms with van der Waals surface area (Å²) in [5.74, 6) is -0.337. The van der Waals surface area contributed by atoms with Crippen molar-refractivity contribution >= 4 is 12.1 Å². The standard InChI is InChI=1S/C12H21NO5/c1-3-18-11(15)8-10(14)9-4-6-13(7-5-9)12(16)17-2/h9-10,14H,3-8H2,1-2H3. The molecule has 1 amide bonds. The van der Waals surface area contributed by atoms with Crippen LogP contribution >= 0.6 is 0 Å². The number of piperidine rings is 1. The summed E-state index contributed by atoms with van der Waals surface area (Å²) < 4.78 is 9.43. The molecule has 0 aromatic carbocycles. The monoisotopic (exact) mass is 259 g/mol. The third-order valence-corrected chi connectivity index (χ3v) is 3.20. The van der Waals surface area contributed by atoms with Crippen molar-refractivity contribution in [3.8, 4) is 0 Å². The minimum atomic E-state index is -0.691.